The van der Waals surface area contributed by atoms with E-state index in [0.29, 0.717) is 0 Å². The predicted molar refractivity (Wildman–Crippen MR) is 68.6 cm³/mol. The van der Waals surface area contributed by atoms with Crippen LogP contribution in [0.15, 0.2) is 0 Å². The summed E-state index contributed by atoms with van der Waals surface area (Å²) >= 11 is 0. The molecular formula is C14H32. The van der Waals surface area contributed by atoms with Crippen molar-refractivity contribution in [1.82, 2.24) is 0 Å². The first-order valence-electron chi connectivity index (χ1n) is 6.49. The van der Waals surface area contributed by atoms with Crippen molar-refractivity contribution in [1.29, 1.82) is 0 Å². The van der Waals surface area contributed by atoms with Crippen molar-refractivity contribution in [3.63, 3.8) is 0 Å². The molecule has 0 rings (SSSR count). The molecule has 0 fully saturated rings. The van der Waals surface area contributed by atoms with Crippen LogP contribution in [0, 0.1) is 23.7 Å². The molecule has 0 aliphatic rings. The van der Waals surface area contributed by atoms with E-state index in [9.17, 15) is 0 Å². The van der Waals surface area contributed by atoms with Gasteiger partial charge in [0.15, 0.2) is 0 Å². The molecule has 0 N–H and O–H groups in total. The molecule has 0 saturated heterocycles. The summed E-state index contributed by atoms with van der Waals surface area (Å²) in [6.07, 6.45) is 2.72. The normalized spacial score (nSPS) is 15.0. The summed E-state index contributed by atoms with van der Waals surface area (Å²) in [5, 5.41) is 0. The fourth-order valence-electron chi connectivity index (χ4n) is 2.01. The maximum absolute atomic E-state index is 2.40. The Hall–Kier alpha value is 0. The van der Waals surface area contributed by atoms with Crippen LogP contribution in [0.4, 0.5) is 0 Å². The standard InChI is InChI=1S/C12H26.C2H6/c1-7-11(6)12(10(4)5)8-9(2)3;1-2/h9-12H,7-8H2,1-6H3;1-2H3. The molecular weight excluding hydrogens is 168 g/mol. The lowest BCUT2D eigenvalue weighted by Gasteiger charge is -2.28. The Balaban J connectivity index is 0. The second-order valence-electron chi connectivity index (χ2n) is 4.92. The summed E-state index contributed by atoms with van der Waals surface area (Å²) < 4.78 is 0. The van der Waals surface area contributed by atoms with Gasteiger partial charge in [0.2, 0.25) is 0 Å². The topological polar surface area (TPSA) is 0 Å². The van der Waals surface area contributed by atoms with Crippen molar-refractivity contribution in [2.24, 2.45) is 23.7 Å². The lowest BCUT2D eigenvalue weighted by Crippen LogP contribution is -2.19. The molecule has 2 unspecified atom stereocenters. The Bertz CT molecular complexity index is 103. The third-order valence-electron chi connectivity index (χ3n) is 2.97. The summed E-state index contributed by atoms with van der Waals surface area (Å²) in [6, 6.07) is 0. The first kappa shape index (κ1) is 16.4. The SMILES string of the molecule is CC.CCC(C)C(CC(C)C)C(C)C. The van der Waals surface area contributed by atoms with Gasteiger partial charge in [-0.25, -0.2) is 0 Å². The molecule has 0 aromatic rings. The van der Waals surface area contributed by atoms with Crippen molar-refractivity contribution in [3.8, 4) is 0 Å². The Morgan fingerprint density at radius 2 is 1.29 bits per heavy atom. The van der Waals surface area contributed by atoms with Crippen LogP contribution in [-0.4, -0.2) is 0 Å². The monoisotopic (exact) mass is 200 g/mol. The largest absolute Gasteiger partial charge is 0.0683 e. The van der Waals surface area contributed by atoms with Gasteiger partial charge in [0.25, 0.3) is 0 Å². The van der Waals surface area contributed by atoms with Gasteiger partial charge in [0.1, 0.15) is 0 Å². The van der Waals surface area contributed by atoms with Crippen LogP contribution in [0.2, 0.25) is 0 Å². The second-order valence-corrected chi connectivity index (χ2v) is 4.92. The molecule has 0 heterocycles. The molecule has 0 bridgehead atoms. The van der Waals surface area contributed by atoms with Crippen LogP contribution < -0.4 is 0 Å². The van der Waals surface area contributed by atoms with Gasteiger partial charge in [-0.3, -0.25) is 0 Å². The molecule has 0 aliphatic carbocycles. The van der Waals surface area contributed by atoms with E-state index in [-0.39, 0.29) is 0 Å². The molecule has 0 aliphatic heterocycles. The number of rotatable bonds is 5. The van der Waals surface area contributed by atoms with Crippen molar-refractivity contribution in [2.75, 3.05) is 0 Å². The summed E-state index contributed by atoms with van der Waals surface area (Å²) in [7, 11) is 0. The quantitative estimate of drug-likeness (QED) is 0.559. The minimum Gasteiger partial charge on any atom is -0.0683 e. The van der Waals surface area contributed by atoms with E-state index in [0.717, 1.165) is 23.7 Å². The smallest absolute Gasteiger partial charge is 0.0363 e. The molecule has 0 spiro atoms. The van der Waals surface area contributed by atoms with Gasteiger partial charge in [-0.15, -0.1) is 0 Å². The molecule has 88 valence electrons. The summed E-state index contributed by atoms with van der Waals surface area (Å²) in [6.45, 7) is 18.1. The lowest BCUT2D eigenvalue weighted by molar-refractivity contribution is 0.222. The minimum absolute atomic E-state index is 0.849. The molecule has 0 amide bonds. The maximum Gasteiger partial charge on any atom is -0.0363 e. The fraction of sp³-hybridized carbons (Fsp3) is 1.00. The average molecular weight is 200 g/mol. The van der Waals surface area contributed by atoms with Gasteiger partial charge in [0, 0.05) is 0 Å². The van der Waals surface area contributed by atoms with Crippen LogP contribution in [0.1, 0.15) is 68.2 Å². The molecule has 0 saturated carbocycles. The Labute approximate surface area is 92.5 Å². The molecule has 0 aromatic heterocycles. The van der Waals surface area contributed by atoms with E-state index >= 15 is 0 Å². The van der Waals surface area contributed by atoms with Crippen LogP contribution in [-0.2, 0) is 0 Å². The lowest BCUT2D eigenvalue weighted by atomic mass is 9.78. The van der Waals surface area contributed by atoms with E-state index in [1.165, 1.54) is 12.8 Å². The van der Waals surface area contributed by atoms with Crippen molar-refractivity contribution >= 4 is 0 Å². The molecule has 0 heteroatoms. The molecule has 0 nitrogen and oxygen atoms in total. The van der Waals surface area contributed by atoms with Gasteiger partial charge in [-0.05, 0) is 30.1 Å². The number of hydrogen-bond donors (Lipinski definition) is 0. The summed E-state index contributed by atoms with van der Waals surface area (Å²) in [5.41, 5.74) is 0. The number of hydrogen-bond acceptors (Lipinski definition) is 0. The highest BCUT2D eigenvalue weighted by atomic mass is 14.3. The third kappa shape index (κ3) is 7.41. The Morgan fingerprint density at radius 3 is 1.50 bits per heavy atom. The van der Waals surface area contributed by atoms with Gasteiger partial charge >= 0.3 is 0 Å². The Kier molecular flexibility index (Phi) is 11.2. The zero-order chi connectivity index (χ0) is 11.7. The first-order chi connectivity index (χ1) is 6.49. The van der Waals surface area contributed by atoms with Crippen LogP contribution >= 0.6 is 0 Å². The average Bonchev–Trinajstić information content (AvgIpc) is 2.15. The predicted octanol–water partition coefficient (Wildman–Crippen LogP) is 5.38. The zero-order valence-electron chi connectivity index (χ0n) is 11.7. The molecule has 2 atom stereocenters. The van der Waals surface area contributed by atoms with E-state index < -0.39 is 0 Å². The maximum atomic E-state index is 2.40. The zero-order valence-corrected chi connectivity index (χ0v) is 11.7. The highest BCUT2D eigenvalue weighted by Crippen LogP contribution is 2.29. The second kappa shape index (κ2) is 9.55. The van der Waals surface area contributed by atoms with Gasteiger partial charge < -0.3 is 0 Å². The minimum atomic E-state index is 0.849. The van der Waals surface area contributed by atoms with Crippen LogP contribution in [0.25, 0.3) is 0 Å². The first-order valence-corrected chi connectivity index (χ1v) is 6.49. The van der Waals surface area contributed by atoms with Crippen molar-refractivity contribution in [3.05, 3.63) is 0 Å². The van der Waals surface area contributed by atoms with E-state index in [2.05, 4.69) is 41.5 Å². The molecule has 0 aromatic carbocycles. The van der Waals surface area contributed by atoms with Gasteiger partial charge in [0.05, 0.1) is 0 Å². The summed E-state index contributed by atoms with van der Waals surface area (Å²) in [4.78, 5) is 0. The van der Waals surface area contributed by atoms with Crippen molar-refractivity contribution in [2.45, 2.75) is 68.2 Å². The van der Waals surface area contributed by atoms with Gasteiger partial charge in [-0.2, -0.15) is 0 Å². The van der Waals surface area contributed by atoms with E-state index in [1.54, 1.807) is 0 Å². The van der Waals surface area contributed by atoms with Crippen LogP contribution in [0.5, 0.6) is 0 Å². The fourth-order valence-corrected chi connectivity index (χ4v) is 2.01. The Morgan fingerprint density at radius 1 is 0.857 bits per heavy atom. The van der Waals surface area contributed by atoms with Crippen LogP contribution in [0.3, 0.4) is 0 Å². The van der Waals surface area contributed by atoms with Crippen molar-refractivity contribution < 1.29 is 0 Å². The van der Waals surface area contributed by atoms with E-state index in [1.807, 2.05) is 13.8 Å². The molecule has 0 radical (unpaired) electrons. The van der Waals surface area contributed by atoms with Gasteiger partial charge in [-0.1, -0.05) is 61.8 Å². The summed E-state index contributed by atoms with van der Waals surface area (Å²) in [5.74, 6) is 3.52. The third-order valence-corrected chi connectivity index (χ3v) is 2.97. The highest BCUT2D eigenvalue weighted by Gasteiger charge is 2.20. The highest BCUT2D eigenvalue weighted by molar-refractivity contribution is 4.70. The van der Waals surface area contributed by atoms with E-state index in [4.69, 9.17) is 0 Å². The molecule has 14 heavy (non-hydrogen) atoms.